The van der Waals surface area contributed by atoms with Gasteiger partial charge in [0.1, 0.15) is 12.4 Å². The fourth-order valence-corrected chi connectivity index (χ4v) is 3.73. The van der Waals surface area contributed by atoms with Crippen molar-refractivity contribution in [2.75, 3.05) is 46.0 Å². The highest BCUT2D eigenvalue weighted by molar-refractivity contribution is 5.97. The topological polar surface area (TPSA) is 80.9 Å². The van der Waals surface area contributed by atoms with Crippen molar-refractivity contribution in [2.45, 2.75) is 20.4 Å². The number of rotatable bonds is 9. The number of hydrogen-bond acceptors (Lipinski definition) is 7. The second-order valence-corrected chi connectivity index (χ2v) is 7.99. The summed E-state index contributed by atoms with van der Waals surface area (Å²) in [5, 5.41) is 4.11. The molecule has 2 aromatic carbocycles. The van der Waals surface area contributed by atoms with E-state index in [-0.39, 0.29) is 5.91 Å². The highest BCUT2D eigenvalue weighted by Crippen LogP contribution is 2.21. The summed E-state index contributed by atoms with van der Waals surface area (Å²) in [6.07, 6.45) is 0. The van der Waals surface area contributed by atoms with E-state index >= 15 is 0 Å². The molecule has 33 heavy (non-hydrogen) atoms. The first-order valence-electron chi connectivity index (χ1n) is 11.3. The van der Waals surface area contributed by atoms with Crippen molar-refractivity contribution < 1.29 is 18.8 Å². The van der Waals surface area contributed by atoms with Crippen LogP contribution in [0.15, 0.2) is 53.1 Å². The standard InChI is InChI=1S/C25H30N4O4/c1-3-31-16-17-32-22-7-5-4-6-21(22)25(30)29-14-12-28(13-15-29)18-23-26-24(27-33-23)20-10-8-19(2)9-11-20/h4-11H,3,12-18H2,1-2H3. The van der Waals surface area contributed by atoms with Crippen LogP contribution in [0.3, 0.4) is 0 Å². The van der Waals surface area contributed by atoms with Crippen LogP contribution in [0.2, 0.25) is 0 Å². The summed E-state index contributed by atoms with van der Waals surface area (Å²) in [7, 11) is 0. The normalized spacial score (nSPS) is 14.4. The third-order valence-corrected chi connectivity index (χ3v) is 5.60. The fraction of sp³-hybridized carbons (Fsp3) is 0.400. The monoisotopic (exact) mass is 450 g/mol. The third-order valence-electron chi connectivity index (χ3n) is 5.60. The van der Waals surface area contributed by atoms with Gasteiger partial charge in [-0.2, -0.15) is 4.98 Å². The molecule has 0 unspecified atom stereocenters. The maximum absolute atomic E-state index is 13.1. The van der Waals surface area contributed by atoms with Crippen LogP contribution in [-0.4, -0.2) is 71.8 Å². The minimum absolute atomic E-state index is 0.0129. The van der Waals surface area contributed by atoms with E-state index < -0.39 is 0 Å². The number of para-hydroxylation sites is 1. The van der Waals surface area contributed by atoms with Gasteiger partial charge in [-0.1, -0.05) is 47.1 Å². The summed E-state index contributed by atoms with van der Waals surface area (Å²) in [4.78, 5) is 21.7. The number of ether oxygens (including phenoxy) is 2. The van der Waals surface area contributed by atoms with E-state index in [9.17, 15) is 4.79 Å². The van der Waals surface area contributed by atoms with E-state index in [1.807, 2.05) is 67.3 Å². The number of benzene rings is 2. The molecule has 0 radical (unpaired) electrons. The minimum Gasteiger partial charge on any atom is -0.490 e. The largest absolute Gasteiger partial charge is 0.490 e. The summed E-state index contributed by atoms with van der Waals surface area (Å²) < 4.78 is 16.6. The molecule has 1 fully saturated rings. The minimum atomic E-state index is -0.0129. The van der Waals surface area contributed by atoms with Crippen LogP contribution >= 0.6 is 0 Å². The molecule has 0 aliphatic carbocycles. The van der Waals surface area contributed by atoms with Crippen LogP contribution in [0.5, 0.6) is 5.75 Å². The third kappa shape index (κ3) is 5.97. The average Bonchev–Trinajstić information content (AvgIpc) is 3.31. The van der Waals surface area contributed by atoms with Gasteiger partial charge in [-0.05, 0) is 26.0 Å². The van der Waals surface area contributed by atoms with Gasteiger partial charge in [-0.15, -0.1) is 0 Å². The molecule has 0 saturated carbocycles. The van der Waals surface area contributed by atoms with Crippen LogP contribution in [-0.2, 0) is 11.3 Å². The van der Waals surface area contributed by atoms with Gasteiger partial charge in [0.25, 0.3) is 5.91 Å². The van der Waals surface area contributed by atoms with Gasteiger partial charge in [0.15, 0.2) is 0 Å². The van der Waals surface area contributed by atoms with E-state index in [1.165, 1.54) is 5.56 Å². The van der Waals surface area contributed by atoms with Crippen molar-refractivity contribution in [2.24, 2.45) is 0 Å². The van der Waals surface area contributed by atoms with E-state index in [0.29, 0.717) is 62.5 Å². The molecule has 4 rings (SSSR count). The van der Waals surface area contributed by atoms with Gasteiger partial charge in [0, 0.05) is 38.3 Å². The molecule has 0 bridgehead atoms. The quantitative estimate of drug-likeness (QED) is 0.462. The fourth-order valence-electron chi connectivity index (χ4n) is 3.73. The van der Waals surface area contributed by atoms with E-state index in [1.54, 1.807) is 0 Å². The van der Waals surface area contributed by atoms with Crippen molar-refractivity contribution in [1.82, 2.24) is 19.9 Å². The second kappa shape index (κ2) is 11.1. The lowest BCUT2D eigenvalue weighted by Crippen LogP contribution is -2.48. The number of amides is 1. The summed E-state index contributed by atoms with van der Waals surface area (Å²) in [6.45, 7) is 8.85. The Morgan fingerprint density at radius 1 is 1.03 bits per heavy atom. The van der Waals surface area contributed by atoms with Gasteiger partial charge in [-0.3, -0.25) is 9.69 Å². The Labute approximate surface area is 194 Å². The number of aryl methyl sites for hydroxylation is 1. The Bertz CT molecular complexity index is 1040. The van der Waals surface area contributed by atoms with Crippen LogP contribution in [0.25, 0.3) is 11.4 Å². The molecule has 8 nitrogen and oxygen atoms in total. The van der Waals surface area contributed by atoms with Gasteiger partial charge in [-0.25, -0.2) is 0 Å². The summed E-state index contributed by atoms with van der Waals surface area (Å²) in [5.41, 5.74) is 2.71. The molecular weight excluding hydrogens is 420 g/mol. The summed E-state index contributed by atoms with van der Waals surface area (Å²) >= 11 is 0. The van der Waals surface area contributed by atoms with E-state index in [0.717, 1.165) is 18.7 Å². The lowest BCUT2D eigenvalue weighted by molar-refractivity contribution is 0.0607. The zero-order valence-corrected chi connectivity index (χ0v) is 19.2. The predicted molar refractivity (Wildman–Crippen MR) is 124 cm³/mol. The van der Waals surface area contributed by atoms with Crippen molar-refractivity contribution in [3.63, 3.8) is 0 Å². The van der Waals surface area contributed by atoms with Gasteiger partial charge in [0.05, 0.1) is 18.7 Å². The van der Waals surface area contributed by atoms with Crippen LogP contribution in [0.1, 0.15) is 28.7 Å². The number of aromatic nitrogens is 2. The zero-order valence-electron chi connectivity index (χ0n) is 19.2. The Kier molecular flexibility index (Phi) is 7.70. The molecule has 1 aliphatic rings. The molecule has 1 saturated heterocycles. The molecule has 0 atom stereocenters. The van der Waals surface area contributed by atoms with Crippen molar-refractivity contribution >= 4 is 5.91 Å². The highest BCUT2D eigenvalue weighted by atomic mass is 16.5. The first-order valence-corrected chi connectivity index (χ1v) is 11.3. The van der Waals surface area contributed by atoms with Crippen molar-refractivity contribution in [3.8, 4) is 17.1 Å². The molecule has 2 heterocycles. The zero-order chi connectivity index (χ0) is 23.0. The van der Waals surface area contributed by atoms with Crippen LogP contribution in [0.4, 0.5) is 0 Å². The molecule has 1 aromatic heterocycles. The molecule has 0 spiro atoms. The van der Waals surface area contributed by atoms with E-state index in [2.05, 4.69) is 15.0 Å². The second-order valence-electron chi connectivity index (χ2n) is 7.99. The highest BCUT2D eigenvalue weighted by Gasteiger charge is 2.25. The smallest absolute Gasteiger partial charge is 0.257 e. The molecule has 1 amide bonds. The van der Waals surface area contributed by atoms with Crippen molar-refractivity contribution in [1.29, 1.82) is 0 Å². The summed E-state index contributed by atoms with van der Waals surface area (Å²) in [5.74, 6) is 1.76. The van der Waals surface area contributed by atoms with Crippen molar-refractivity contribution in [3.05, 3.63) is 65.5 Å². The van der Waals surface area contributed by atoms with Crippen LogP contribution in [0, 0.1) is 6.92 Å². The lowest BCUT2D eigenvalue weighted by atomic mass is 10.1. The average molecular weight is 451 g/mol. The number of carbonyl (C=O) groups is 1. The van der Waals surface area contributed by atoms with Gasteiger partial charge < -0.3 is 18.9 Å². The maximum Gasteiger partial charge on any atom is 0.257 e. The number of carbonyl (C=O) groups excluding carboxylic acids is 1. The number of piperazine rings is 1. The first-order chi connectivity index (χ1) is 16.1. The number of nitrogens with zero attached hydrogens (tertiary/aromatic N) is 4. The summed E-state index contributed by atoms with van der Waals surface area (Å²) in [6, 6.07) is 15.4. The molecule has 3 aromatic rings. The molecule has 1 aliphatic heterocycles. The van der Waals surface area contributed by atoms with E-state index in [4.69, 9.17) is 14.0 Å². The molecule has 8 heteroatoms. The molecule has 174 valence electrons. The Hall–Kier alpha value is -3.23. The van der Waals surface area contributed by atoms with Gasteiger partial charge in [0.2, 0.25) is 11.7 Å². The first kappa shape index (κ1) is 22.9. The molecule has 0 N–H and O–H groups in total. The van der Waals surface area contributed by atoms with Gasteiger partial charge >= 0.3 is 0 Å². The maximum atomic E-state index is 13.1. The Morgan fingerprint density at radius 3 is 2.55 bits per heavy atom. The Morgan fingerprint density at radius 2 is 1.79 bits per heavy atom. The lowest BCUT2D eigenvalue weighted by Gasteiger charge is -2.34. The Balaban J connectivity index is 1.30. The van der Waals surface area contributed by atoms with Crippen LogP contribution < -0.4 is 4.74 Å². The predicted octanol–water partition coefficient (Wildman–Crippen LogP) is 3.42. The SMILES string of the molecule is CCOCCOc1ccccc1C(=O)N1CCN(Cc2nc(-c3ccc(C)cc3)no2)CC1. The molecular formula is C25H30N4O4. The number of hydrogen-bond donors (Lipinski definition) is 0.